The minimum Gasteiger partial charge on any atom is -0.466 e. The molecule has 7 heteroatoms. The summed E-state index contributed by atoms with van der Waals surface area (Å²) in [5.41, 5.74) is 5.96. The highest BCUT2D eigenvalue weighted by molar-refractivity contribution is 7.19. The first-order valence-corrected chi connectivity index (χ1v) is 10.8. The number of fused-ring (bicyclic) bond motifs is 4. The molecule has 1 atom stereocenters. The molecule has 0 spiro atoms. The average Bonchev–Trinajstić information content (AvgIpc) is 3.35. The third-order valence-corrected chi connectivity index (χ3v) is 6.97. The molecule has 3 heterocycles. The maximum absolute atomic E-state index is 12.2. The van der Waals surface area contributed by atoms with Crippen molar-refractivity contribution in [3.8, 4) is 0 Å². The molecule has 29 heavy (non-hydrogen) atoms. The van der Waals surface area contributed by atoms with Crippen molar-refractivity contribution in [1.29, 1.82) is 0 Å². The van der Waals surface area contributed by atoms with E-state index in [9.17, 15) is 4.79 Å². The van der Waals surface area contributed by atoms with E-state index in [1.807, 2.05) is 13.1 Å². The molecule has 6 nitrogen and oxygen atoms in total. The summed E-state index contributed by atoms with van der Waals surface area (Å²) in [6.45, 7) is 5.16. The second-order valence-corrected chi connectivity index (χ2v) is 8.59. The molecule has 1 aliphatic carbocycles. The van der Waals surface area contributed by atoms with Crippen LogP contribution in [0.2, 0.25) is 0 Å². The fourth-order valence-corrected chi connectivity index (χ4v) is 5.53. The summed E-state index contributed by atoms with van der Waals surface area (Å²) in [7, 11) is 0. The number of aromatic nitrogens is 2. The smallest absolute Gasteiger partial charge is 0.309 e. The molecule has 1 N–H and O–H groups in total. The van der Waals surface area contributed by atoms with Crippen molar-refractivity contribution in [3.05, 3.63) is 45.6 Å². The Kier molecular flexibility index (Phi) is 4.54. The fraction of sp³-hybridized carbons (Fsp3) is 0.364. The highest BCUT2D eigenvalue weighted by atomic mass is 32.1. The van der Waals surface area contributed by atoms with Crippen LogP contribution in [-0.4, -0.2) is 28.8 Å². The van der Waals surface area contributed by atoms with Crippen molar-refractivity contribution in [2.24, 2.45) is 10.9 Å². The zero-order chi connectivity index (χ0) is 20.0. The van der Waals surface area contributed by atoms with Gasteiger partial charge in [0.25, 0.3) is 0 Å². The van der Waals surface area contributed by atoms with Gasteiger partial charge in [-0.25, -0.2) is 9.97 Å². The second kappa shape index (κ2) is 7.22. The first-order chi connectivity index (χ1) is 14.2. The summed E-state index contributed by atoms with van der Waals surface area (Å²) in [6, 6.07) is 4.23. The van der Waals surface area contributed by atoms with Crippen LogP contribution in [0.25, 0.3) is 10.2 Å². The van der Waals surface area contributed by atoms with Gasteiger partial charge in [0.15, 0.2) is 0 Å². The molecular weight excluding hydrogens is 384 g/mol. The number of benzene rings is 1. The molecule has 1 unspecified atom stereocenters. The average molecular weight is 407 g/mol. The van der Waals surface area contributed by atoms with Crippen LogP contribution in [0.1, 0.15) is 40.5 Å². The van der Waals surface area contributed by atoms with Gasteiger partial charge in [0.1, 0.15) is 17.0 Å². The summed E-state index contributed by atoms with van der Waals surface area (Å²) >= 11 is 1.67. The van der Waals surface area contributed by atoms with Crippen molar-refractivity contribution >= 4 is 45.2 Å². The number of nitrogens with zero attached hydrogens (tertiary/aromatic N) is 3. The molecular formula is C22H22N4O2S. The van der Waals surface area contributed by atoms with Gasteiger partial charge >= 0.3 is 5.97 Å². The summed E-state index contributed by atoms with van der Waals surface area (Å²) in [6.07, 6.45) is 5.94. The van der Waals surface area contributed by atoms with Crippen molar-refractivity contribution in [1.82, 2.24) is 9.97 Å². The Morgan fingerprint density at radius 1 is 1.34 bits per heavy atom. The molecule has 0 amide bonds. The van der Waals surface area contributed by atoms with Gasteiger partial charge in [0.2, 0.25) is 0 Å². The van der Waals surface area contributed by atoms with Crippen molar-refractivity contribution in [2.75, 3.05) is 11.9 Å². The lowest BCUT2D eigenvalue weighted by atomic mass is 9.88. The zero-order valence-corrected chi connectivity index (χ0v) is 17.3. The number of rotatable bonds is 4. The highest BCUT2D eigenvalue weighted by Crippen LogP contribution is 2.41. The van der Waals surface area contributed by atoms with Gasteiger partial charge in [-0.2, -0.15) is 0 Å². The van der Waals surface area contributed by atoms with Gasteiger partial charge < -0.3 is 10.1 Å². The van der Waals surface area contributed by atoms with E-state index in [4.69, 9.17) is 4.74 Å². The number of nitrogens with one attached hydrogen (secondary N) is 1. The van der Waals surface area contributed by atoms with Crippen LogP contribution in [0.3, 0.4) is 0 Å². The lowest BCUT2D eigenvalue weighted by Crippen LogP contribution is -2.23. The number of carbonyl (C=O) groups is 1. The number of aliphatic imine (C=N–C) groups is 1. The van der Waals surface area contributed by atoms with E-state index in [1.54, 1.807) is 17.7 Å². The molecule has 2 aromatic heterocycles. The van der Waals surface area contributed by atoms with E-state index in [1.165, 1.54) is 27.1 Å². The number of thiophene rings is 1. The summed E-state index contributed by atoms with van der Waals surface area (Å²) in [4.78, 5) is 27.8. The molecule has 0 bridgehead atoms. The molecule has 0 radical (unpaired) electrons. The number of hydrogen-bond acceptors (Lipinski definition) is 7. The molecule has 3 aromatic rings. The Labute approximate surface area is 173 Å². The molecule has 5 rings (SSSR count). The molecule has 0 saturated heterocycles. The van der Waals surface area contributed by atoms with Crippen LogP contribution in [0.5, 0.6) is 0 Å². The lowest BCUT2D eigenvalue weighted by Gasteiger charge is -2.21. The topological polar surface area (TPSA) is 76.5 Å². The standard InChI is InChI=1S/C22H22N4O2S/c1-3-28-22(27)13-4-6-15-18(8-13)29-21-19(15)20(24-11-25-21)26-17-7-5-14-9-23-10-16(14)12(17)2/h5,7,10-11,13H,3-4,6,8-9H2,1-2H3,(H,24,25,26). The largest absolute Gasteiger partial charge is 0.466 e. The van der Waals surface area contributed by atoms with E-state index in [0.717, 1.165) is 47.5 Å². The molecule has 148 valence electrons. The van der Waals surface area contributed by atoms with E-state index in [0.29, 0.717) is 6.61 Å². The Morgan fingerprint density at radius 2 is 2.24 bits per heavy atom. The fourth-order valence-electron chi connectivity index (χ4n) is 4.27. The molecule has 1 aliphatic heterocycles. The highest BCUT2D eigenvalue weighted by Gasteiger charge is 2.30. The Morgan fingerprint density at radius 3 is 3.10 bits per heavy atom. The molecule has 0 fully saturated rings. The summed E-state index contributed by atoms with van der Waals surface area (Å²) < 4.78 is 5.24. The number of hydrogen-bond donors (Lipinski definition) is 1. The first kappa shape index (κ1) is 18.2. The maximum Gasteiger partial charge on any atom is 0.309 e. The molecule has 2 aliphatic rings. The van der Waals surface area contributed by atoms with E-state index >= 15 is 0 Å². The summed E-state index contributed by atoms with van der Waals surface area (Å²) in [5, 5.41) is 4.62. The van der Waals surface area contributed by atoms with Gasteiger partial charge in [-0.3, -0.25) is 9.79 Å². The van der Waals surface area contributed by atoms with Crippen LogP contribution in [0.15, 0.2) is 23.5 Å². The van der Waals surface area contributed by atoms with Crippen molar-refractivity contribution in [3.63, 3.8) is 0 Å². The van der Waals surface area contributed by atoms with Gasteiger partial charge in [-0.05, 0) is 55.9 Å². The van der Waals surface area contributed by atoms with E-state index in [2.05, 4.69) is 39.3 Å². The van der Waals surface area contributed by atoms with Crippen LogP contribution >= 0.6 is 11.3 Å². The van der Waals surface area contributed by atoms with Gasteiger partial charge in [0, 0.05) is 22.3 Å². The van der Waals surface area contributed by atoms with Gasteiger partial charge in [-0.15, -0.1) is 11.3 Å². The first-order valence-electron chi connectivity index (χ1n) is 9.97. The van der Waals surface area contributed by atoms with Crippen LogP contribution in [0, 0.1) is 12.8 Å². The van der Waals surface area contributed by atoms with Crippen molar-refractivity contribution in [2.45, 2.75) is 39.7 Å². The Balaban J connectivity index is 1.51. The Bertz CT molecular complexity index is 1150. The number of carbonyl (C=O) groups excluding carboxylic acids is 1. The Hall–Kier alpha value is -2.80. The predicted octanol–water partition coefficient (Wildman–Crippen LogP) is 4.34. The predicted molar refractivity (Wildman–Crippen MR) is 115 cm³/mol. The van der Waals surface area contributed by atoms with Crippen LogP contribution < -0.4 is 5.32 Å². The van der Waals surface area contributed by atoms with Gasteiger partial charge in [-0.1, -0.05) is 6.07 Å². The third-order valence-electron chi connectivity index (χ3n) is 5.81. The minimum atomic E-state index is -0.0875. The lowest BCUT2D eigenvalue weighted by molar-refractivity contribution is -0.148. The minimum absolute atomic E-state index is 0.0573. The number of aryl methyl sites for hydroxylation is 1. The SMILES string of the molecule is CCOC(=O)C1CCc2c(sc3ncnc(Nc4ccc5c(c4C)C=NC5)c23)C1. The number of esters is 1. The third kappa shape index (κ3) is 3.09. The zero-order valence-electron chi connectivity index (χ0n) is 16.5. The van der Waals surface area contributed by atoms with Crippen molar-refractivity contribution < 1.29 is 9.53 Å². The second-order valence-electron chi connectivity index (χ2n) is 7.50. The van der Waals surface area contributed by atoms with Crippen LogP contribution in [-0.2, 0) is 28.9 Å². The quantitative estimate of drug-likeness (QED) is 0.652. The van der Waals surface area contributed by atoms with Gasteiger partial charge in [0.05, 0.1) is 24.5 Å². The van der Waals surface area contributed by atoms with Crippen LogP contribution in [0.4, 0.5) is 11.5 Å². The van der Waals surface area contributed by atoms with E-state index < -0.39 is 0 Å². The molecule has 0 saturated carbocycles. The number of anilines is 2. The monoisotopic (exact) mass is 406 g/mol. The summed E-state index contributed by atoms with van der Waals surface area (Å²) in [5.74, 6) is 0.689. The van der Waals surface area contributed by atoms with E-state index in [-0.39, 0.29) is 11.9 Å². The number of ether oxygens (including phenoxy) is 1. The normalized spacial score (nSPS) is 17.2. The molecule has 1 aromatic carbocycles. The maximum atomic E-state index is 12.2.